The van der Waals surface area contributed by atoms with Crippen molar-refractivity contribution in [3.05, 3.63) is 58.6 Å². The second-order valence-electron chi connectivity index (χ2n) is 5.10. The molecule has 0 saturated carbocycles. The average molecular weight is 348 g/mol. The van der Waals surface area contributed by atoms with Crippen molar-refractivity contribution in [3.63, 3.8) is 0 Å². The predicted octanol–water partition coefficient (Wildman–Crippen LogP) is 5.26. The summed E-state index contributed by atoms with van der Waals surface area (Å²) in [6, 6.07) is 16.9. The molecule has 21 heavy (non-hydrogen) atoms. The molecule has 0 N–H and O–H groups in total. The van der Waals surface area contributed by atoms with Gasteiger partial charge in [-0.3, -0.25) is 0 Å². The van der Waals surface area contributed by atoms with Gasteiger partial charge in [0.15, 0.2) is 0 Å². The van der Waals surface area contributed by atoms with Gasteiger partial charge in [0.05, 0.1) is 7.11 Å². The van der Waals surface area contributed by atoms with E-state index in [4.69, 9.17) is 4.74 Å². The van der Waals surface area contributed by atoms with E-state index < -0.39 is 0 Å². The summed E-state index contributed by atoms with van der Waals surface area (Å²) in [6.45, 7) is 4.23. The largest absolute Gasteiger partial charge is 0.497 e. The summed E-state index contributed by atoms with van der Waals surface area (Å²) in [6.07, 6.45) is 2.40. The molecule has 0 unspecified atom stereocenters. The molecule has 2 nitrogen and oxygen atoms in total. The molecule has 3 heteroatoms. The average Bonchev–Trinajstić information content (AvgIpc) is 2.53. The first-order chi connectivity index (χ1) is 10.2. The van der Waals surface area contributed by atoms with Crippen LogP contribution in [0.25, 0.3) is 0 Å². The Balaban J connectivity index is 2.14. The Labute approximate surface area is 135 Å². The quantitative estimate of drug-likeness (QED) is 0.676. The molecule has 2 aromatic rings. The molecular formula is C18H22BrNO. The Hall–Kier alpha value is -1.48. The molecule has 0 aliphatic heterocycles. The van der Waals surface area contributed by atoms with Crippen LogP contribution in [0.2, 0.25) is 0 Å². The van der Waals surface area contributed by atoms with Crippen molar-refractivity contribution in [2.24, 2.45) is 0 Å². The normalized spacial score (nSPS) is 10.4. The number of halogens is 1. The third-order valence-corrected chi connectivity index (χ3v) is 4.03. The SMILES string of the molecule is CCCCN(Cc1ccc(Br)cc1)c1ccc(OC)cc1. The maximum absolute atomic E-state index is 5.24. The molecule has 0 fully saturated rings. The number of rotatable bonds is 7. The van der Waals surface area contributed by atoms with Gasteiger partial charge in [-0.1, -0.05) is 41.4 Å². The van der Waals surface area contributed by atoms with E-state index in [1.165, 1.54) is 24.1 Å². The monoisotopic (exact) mass is 347 g/mol. The molecule has 0 amide bonds. The summed E-state index contributed by atoms with van der Waals surface area (Å²) in [5.41, 5.74) is 2.57. The van der Waals surface area contributed by atoms with Crippen molar-refractivity contribution in [3.8, 4) is 5.75 Å². The van der Waals surface area contributed by atoms with Gasteiger partial charge in [0.25, 0.3) is 0 Å². The minimum atomic E-state index is 0.901. The van der Waals surface area contributed by atoms with Crippen LogP contribution < -0.4 is 9.64 Å². The highest BCUT2D eigenvalue weighted by Gasteiger charge is 2.07. The predicted molar refractivity (Wildman–Crippen MR) is 93.1 cm³/mol. The third kappa shape index (κ3) is 4.78. The molecule has 0 heterocycles. The van der Waals surface area contributed by atoms with Crippen LogP contribution in [0.3, 0.4) is 0 Å². The number of methoxy groups -OCH3 is 1. The van der Waals surface area contributed by atoms with Crippen LogP contribution in [0.1, 0.15) is 25.3 Å². The van der Waals surface area contributed by atoms with E-state index in [1.54, 1.807) is 7.11 Å². The highest BCUT2D eigenvalue weighted by molar-refractivity contribution is 9.10. The summed E-state index contributed by atoms with van der Waals surface area (Å²) in [7, 11) is 1.70. The zero-order valence-electron chi connectivity index (χ0n) is 12.7. The Bertz CT molecular complexity index is 536. The van der Waals surface area contributed by atoms with Crippen LogP contribution >= 0.6 is 15.9 Å². The molecule has 2 aromatic carbocycles. The highest BCUT2D eigenvalue weighted by atomic mass is 79.9. The van der Waals surface area contributed by atoms with Crippen molar-refractivity contribution in [2.45, 2.75) is 26.3 Å². The van der Waals surface area contributed by atoms with Crippen molar-refractivity contribution in [1.82, 2.24) is 0 Å². The molecule has 0 aliphatic rings. The third-order valence-electron chi connectivity index (χ3n) is 3.51. The van der Waals surface area contributed by atoms with Crippen molar-refractivity contribution in [1.29, 1.82) is 0 Å². The lowest BCUT2D eigenvalue weighted by Gasteiger charge is -2.25. The molecule has 0 atom stereocenters. The summed E-state index contributed by atoms with van der Waals surface area (Å²) >= 11 is 3.49. The molecule has 0 bridgehead atoms. The van der Waals surface area contributed by atoms with E-state index in [0.29, 0.717) is 0 Å². The van der Waals surface area contributed by atoms with E-state index in [2.05, 4.69) is 64.2 Å². The lowest BCUT2D eigenvalue weighted by atomic mass is 10.1. The van der Waals surface area contributed by atoms with Crippen molar-refractivity contribution >= 4 is 21.6 Å². The number of benzene rings is 2. The van der Waals surface area contributed by atoms with Crippen LogP contribution in [-0.4, -0.2) is 13.7 Å². The van der Waals surface area contributed by atoms with Gasteiger partial charge in [-0.25, -0.2) is 0 Å². The van der Waals surface area contributed by atoms with Crippen molar-refractivity contribution in [2.75, 3.05) is 18.6 Å². The van der Waals surface area contributed by atoms with Crippen LogP contribution in [0.4, 0.5) is 5.69 Å². The van der Waals surface area contributed by atoms with Gasteiger partial charge in [-0.2, -0.15) is 0 Å². The van der Waals surface area contributed by atoms with Crippen LogP contribution in [0, 0.1) is 0 Å². The van der Waals surface area contributed by atoms with Gasteiger partial charge in [0.1, 0.15) is 5.75 Å². The fourth-order valence-corrected chi connectivity index (χ4v) is 2.52. The molecule has 0 aromatic heterocycles. The van der Waals surface area contributed by atoms with E-state index in [0.717, 1.165) is 23.3 Å². The lowest BCUT2D eigenvalue weighted by Crippen LogP contribution is -2.23. The van der Waals surface area contributed by atoms with E-state index >= 15 is 0 Å². The Kier molecular flexibility index (Phi) is 6.12. The fourth-order valence-electron chi connectivity index (χ4n) is 2.25. The molecule has 0 saturated heterocycles. The van der Waals surface area contributed by atoms with Gasteiger partial charge in [0.2, 0.25) is 0 Å². The van der Waals surface area contributed by atoms with Crippen LogP contribution in [-0.2, 0) is 6.54 Å². The minimum Gasteiger partial charge on any atom is -0.497 e. The Morgan fingerprint density at radius 3 is 2.24 bits per heavy atom. The summed E-state index contributed by atoms with van der Waals surface area (Å²) in [5, 5.41) is 0. The Morgan fingerprint density at radius 1 is 1.00 bits per heavy atom. The topological polar surface area (TPSA) is 12.5 Å². The maximum Gasteiger partial charge on any atom is 0.119 e. The standard InChI is InChI=1S/C18H22BrNO/c1-3-4-13-20(14-15-5-7-16(19)8-6-15)17-9-11-18(21-2)12-10-17/h5-12H,3-4,13-14H2,1-2H3. The molecule has 0 radical (unpaired) electrons. The van der Waals surface area contributed by atoms with Gasteiger partial charge in [0, 0.05) is 23.2 Å². The zero-order valence-corrected chi connectivity index (χ0v) is 14.3. The van der Waals surface area contributed by atoms with Gasteiger partial charge in [-0.05, 0) is 48.4 Å². The highest BCUT2D eigenvalue weighted by Crippen LogP contribution is 2.22. The summed E-state index contributed by atoms with van der Waals surface area (Å²) in [4.78, 5) is 2.42. The number of hydrogen-bond donors (Lipinski definition) is 0. The number of hydrogen-bond acceptors (Lipinski definition) is 2. The molecule has 0 spiro atoms. The second-order valence-corrected chi connectivity index (χ2v) is 6.02. The number of ether oxygens (including phenoxy) is 1. The smallest absolute Gasteiger partial charge is 0.119 e. The number of unbranched alkanes of at least 4 members (excludes halogenated alkanes) is 1. The number of anilines is 1. The minimum absolute atomic E-state index is 0.901. The van der Waals surface area contributed by atoms with Crippen LogP contribution in [0.5, 0.6) is 5.75 Å². The van der Waals surface area contributed by atoms with E-state index in [-0.39, 0.29) is 0 Å². The van der Waals surface area contributed by atoms with Gasteiger partial charge < -0.3 is 9.64 Å². The fraction of sp³-hybridized carbons (Fsp3) is 0.333. The van der Waals surface area contributed by atoms with Gasteiger partial charge in [-0.15, -0.1) is 0 Å². The molecule has 2 rings (SSSR count). The first kappa shape index (κ1) is 15.9. The summed E-state index contributed by atoms with van der Waals surface area (Å²) in [5.74, 6) is 0.901. The molecular weight excluding hydrogens is 326 g/mol. The van der Waals surface area contributed by atoms with E-state index in [1.807, 2.05) is 12.1 Å². The Morgan fingerprint density at radius 2 is 1.67 bits per heavy atom. The number of nitrogens with zero attached hydrogens (tertiary/aromatic N) is 1. The van der Waals surface area contributed by atoms with Crippen molar-refractivity contribution < 1.29 is 4.74 Å². The second kappa shape index (κ2) is 8.08. The first-order valence-electron chi connectivity index (χ1n) is 7.36. The lowest BCUT2D eigenvalue weighted by molar-refractivity contribution is 0.415. The zero-order chi connectivity index (χ0) is 15.1. The molecule has 0 aliphatic carbocycles. The van der Waals surface area contributed by atoms with Gasteiger partial charge >= 0.3 is 0 Å². The first-order valence-corrected chi connectivity index (χ1v) is 8.15. The maximum atomic E-state index is 5.24. The van der Waals surface area contributed by atoms with E-state index in [9.17, 15) is 0 Å². The van der Waals surface area contributed by atoms with Crippen LogP contribution in [0.15, 0.2) is 53.0 Å². The molecule has 112 valence electrons. The summed E-state index contributed by atoms with van der Waals surface area (Å²) < 4.78 is 6.36.